The molecule has 33 heavy (non-hydrogen) atoms. The molecule has 0 saturated carbocycles. The van der Waals surface area contributed by atoms with Crippen LogP contribution in [-0.2, 0) is 23.9 Å². The molecule has 1 saturated heterocycles. The zero-order valence-corrected chi connectivity index (χ0v) is 19.6. The molecule has 0 unspecified atom stereocenters. The molecule has 12 heteroatoms. The van der Waals surface area contributed by atoms with Gasteiger partial charge in [-0.3, -0.25) is 24.4 Å². The fourth-order valence-electron chi connectivity index (χ4n) is 3.67. The molecular weight excluding hydrogens is 434 g/mol. The summed E-state index contributed by atoms with van der Waals surface area (Å²) in [6, 6.07) is -0.924. The average Bonchev–Trinajstić information content (AvgIpc) is 2.79. The molecule has 188 valence electrons. The molecule has 0 aromatic heterocycles. The highest BCUT2D eigenvalue weighted by Crippen LogP contribution is 2.26. The zero-order chi connectivity index (χ0) is 24.8. The predicted molar refractivity (Wildman–Crippen MR) is 118 cm³/mol. The zero-order valence-electron chi connectivity index (χ0n) is 19.6. The van der Waals surface area contributed by atoms with Gasteiger partial charge in [-0.25, -0.2) is 10.3 Å². The number of carbonyl (C=O) groups is 5. The minimum absolute atomic E-state index is 0.0550. The highest BCUT2D eigenvalue weighted by Gasteiger charge is 2.35. The van der Waals surface area contributed by atoms with Crippen molar-refractivity contribution in [1.29, 1.82) is 0 Å². The Morgan fingerprint density at radius 3 is 2.48 bits per heavy atom. The first-order valence-corrected chi connectivity index (χ1v) is 11.3. The molecule has 1 aliphatic rings. The lowest BCUT2D eigenvalue weighted by Crippen LogP contribution is -2.52. The summed E-state index contributed by atoms with van der Waals surface area (Å²) in [5, 5.41) is 19.5. The van der Waals surface area contributed by atoms with Crippen molar-refractivity contribution in [1.82, 2.24) is 26.7 Å². The summed E-state index contributed by atoms with van der Waals surface area (Å²) in [6.45, 7) is 3.96. The Morgan fingerprint density at radius 2 is 1.85 bits per heavy atom. The summed E-state index contributed by atoms with van der Waals surface area (Å²) in [6.07, 6.45) is 1.59. The molecular formula is C21H37N5O7. The molecule has 0 aliphatic carbocycles. The number of amides is 5. The largest absolute Gasteiger partial charge is 0.450 e. The maximum atomic E-state index is 13.2. The average molecular weight is 472 g/mol. The Kier molecular flexibility index (Phi) is 12.8. The number of likely N-dealkylation sites (N-methyl/N-ethyl adjacent to an activating group) is 1. The Bertz CT molecular complexity index is 686. The Morgan fingerprint density at radius 1 is 1.12 bits per heavy atom. The molecule has 0 aromatic rings. The standard InChI is InChI=1S/C21H37N5O7/c1-13(2)11-15-14(19(29)26-32)7-6-10-33-21(31)23-9-5-4-8-16(25-18(15)28)20(30)24-12-17(27)22-3/h13-16,32H,4-12H2,1-3H3,(H,22,27)(H,23,31)(H,24,30)(H,25,28)(H,26,29)/t14-,15+,16-/m0/s1. The van der Waals surface area contributed by atoms with Gasteiger partial charge in [0.15, 0.2) is 0 Å². The summed E-state index contributed by atoms with van der Waals surface area (Å²) in [7, 11) is 1.45. The third-order valence-electron chi connectivity index (χ3n) is 5.41. The smallest absolute Gasteiger partial charge is 0.407 e. The van der Waals surface area contributed by atoms with Gasteiger partial charge in [-0.2, -0.15) is 0 Å². The number of cyclic esters (lactones) is 1. The molecule has 6 N–H and O–H groups in total. The van der Waals surface area contributed by atoms with Crippen LogP contribution >= 0.6 is 0 Å². The van der Waals surface area contributed by atoms with Gasteiger partial charge in [-0.15, -0.1) is 0 Å². The molecule has 1 aliphatic heterocycles. The number of rotatable bonds is 6. The van der Waals surface area contributed by atoms with Crippen molar-refractivity contribution >= 4 is 29.7 Å². The molecule has 5 amide bonds. The number of hydrogen-bond acceptors (Lipinski definition) is 7. The molecule has 0 aromatic carbocycles. The lowest BCUT2D eigenvalue weighted by Gasteiger charge is -2.28. The van der Waals surface area contributed by atoms with E-state index in [0.717, 1.165) is 0 Å². The van der Waals surface area contributed by atoms with Crippen molar-refractivity contribution in [3.05, 3.63) is 0 Å². The first-order valence-electron chi connectivity index (χ1n) is 11.3. The van der Waals surface area contributed by atoms with E-state index in [-0.39, 0.29) is 37.8 Å². The summed E-state index contributed by atoms with van der Waals surface area (Å²) in [5.74, 6) is -3.75. The molecule has 3 atom stereocenters. The summed E-state index contributed by atoms with van der Waals surface area (Å²) in [4.78, 5) is 61.6. The monoisotopic (exact) mass is 471 g/mol. The molecule has 12 nitrogen and oxygen atoms in total. The minimum atomic E-state index is -0.924. The van der Waals surface area contributed by atoms with E-state index in [2.05, 4.69) is 21.3 Å². The first-order chi connectivity index (χ1) is 15.7. The molecule has 0 bridgehead atoms. The third-order valence-corrected chi connectivity index (χ3v) is 5.41. The summed E-state index contributed by atoms with van der Waals surface area (Å²) in [5.41, 5.74) is 1.62. The third kappa shape index (κ3) is 10.5. The number of hydrogen-bond donors (Lipinski definition) is 6. The molecule has 0 radical (unpaired) electrons. The van der Waals surface area contributed by atoms with Gasteiger partial charge in [0.1, 0.15) is 6.04 Å². The fourth-order valence-corrected chi connectivity index (χ4v) is 3.67. The quantitative estimate of drug-likeness (QED) is 0.230. The van der Waals surface area contributed by atoms with Crippen molar-refractivity contribution in [2.45, 2.75) is 58.4 Å². The predicted octanol–water partition coefficient (Wildman–Crippen LogP) is -0.192. The van der Waals surface area contributed by atoms with Crippen molar-refractivity contribution in [2.75, 3.05) is 26.7 Å². The van der Waals surface area contributed by atoms with Gasteiger partial charge in [0.25, 0.3) is 0 Å². The van der Waals surface area contributed by atoms with Gasteiger partial charge in [0, 0.05) is 19.5 Å². The van der Waals surface area contributed by atoms with Crippen molar-refractivity contribution in [2.24, 2.45) is 17.8 Å². The van der Waals surface area contributed by atoms with Crippen molar-refractivity contribution in [3.8, 4) is 0 Å². The van der Waals surface area contributed by atoms with Gasteiger partial charge in [0.05, 0.1) is 19.1 Å². The lowest BCUT2D eigenvalue weighted by molar-refractivity contribution is -0.142. The highest BCUT2D eigenvalue weighted by molar-refractivity contribution is 5.92. The minimum Gasteiger partial charge on any atom is -0.450 e. The summed E-state index contributed by atoms with van der Waals surface area (Å²) >= 11 is 0. The van der Waals surface area contributed by atoms with Crippen LogP contribution in [0.15, 0.2) is 0 Å². The van der Waals surface area contributed by atoms with Crippen molar-refractivity contribution < 1.29 is 33.9 Å². The van der Waals surface area contributed by atoms with E-state index >= 15 is 0 Å². The van der Waals surface area contributed by atoms with Crippen LogP contribution in [0.3, 0.4) is 0 Å². The number of ether oxygens (including phenoxy) is 1. The lowest BCUT2D eigenvalue weighted by atomic mass is 9.81. The van der Waals surface area contributed by atoms with Crippen LogP contribution in [-0.4, -0.2) is 67.7 Å². The van der Waals surface area contributed by atoms with Crippen LogP contribution in [0, 0.1) is 17.8 Å². The Hall–Kier alpha value is -2.89. The number of hydroxylamine groups is 1. The maximum absolute atomic E-state index is 13.2. The normalized spacial score (nSPS) is 23.1. The molecule has 1 rings (SSSR count). The molecule has 1 fully saturated rings. The van der Waals surface area contributed by atoms with E-state index in [0.29, 0.717) is 32.2 Å². The first kappa shape index (κ1) is 28.1. The van der Waals surface area contributed by atoms with E-state index in [1.165, 1.54) is 7.05 Å². The SMILES string of the molecule is CNC(=O)CNC(=O)[C@@H]1CCCCNC(=O)OCCC[C@H](C(=O)NO)[C@@H](CC(C)C)C(=O)N1. The highest BCUT2D eigenvalue weighted by atomic mass is 16.5. The number of carbonyl (C=O) groups excluding carboxylic acids is 5. The van der Waals surface area contributed by atoms with Gasteiger partial charge in [0.2, 0.25) is 23.6 Å². The number of alkyl carbamates (subject to hydrolysis) is 1. The van der Waals surface area contributed by atoms with E-state index in [9.17, 15) is 29.2 Å². The molecule has 0 spiro atoms. The second-order valence-electron chi connectivity index (χ2n) is 8.47. The maximum Gasteiger partial charge on any atom is 0.407 e. The van der Waals surface area contributed by atoms with Crippen LogP contribution in [0.5, 0.6) is 0 Å². The topological polar surface area (TPSA) is 175 Å². The van der Waals surface area contributed by atoms with Crippen LogP contribution < -0.4 is 26.7 Å². The van der Waals surface area contributed by atoms with E-state index < -0.39 is 41.7 Å². The number of nitrogens with one attached hydrogen (secondary N) is 5. The van der Waals surface area contributed by atoms with Gasteiger partial charge in [-0.05, 0) is 44.4 Å². The van der Waals surface area contributed by atoms with Gasteiger partial charge >= 0.3 is 6.09 Å². The Balaban J connectivity index is 3.13. The summed E-state index contributed by atoms with van der Waals surface area (Å²) < 4.78 is 5.10. The van der Waals surface area contributed by atoms with Gasteiger partial charge < -0.3 is 26.0 Å². The van der Waals surface area contributed by atoms with E-state index in [1.54, 1.807) is 5.48 Å². The van der Waals surface area contributed by atoms with E-state index in [4.69, 9.17) is 4.74 Å². The van der Waals surface area contributed by atoms with Crippen LogP contribution in [0.25, 0.3) is 0 Å². The fraction of sp³-hybridized carbons (Fsp3) is 0.762. The van der Waals surface area contributed by atoms with Crippen LogP contribution in [0.4, 0.5) is 4.79 Å². The van der Waals surface area contributed by atoms with Crippen LogP contribution in [0.1, 0.15) is 52.4 Å². The van der Waals surface area contributed by atoms with Crippen molar-refractivity contribution in [3.63, 3.8) is 0 Å². The molecule has 1 heterocycles. The second-order valence-corrected chi connectivity index (χ2v) is 8.47. The Labute approximate surface area is 193 Å². The van der Waals surface area contributed by atoms with Crippen LogP contribution in [0.2, 0.25) is 0 Å². The van der Waals surface area contributed by atoms with E-state index in [1.807, 2.05) is 13.8 Å². The van der Waals surface area contributed by atoms with Gasteiger partial charge in [-0.1, -0.05) is 13.8 Å². The second kappa shape index (κ2) is 15.0.